The van der Waals surface area contributed by atoms with Crippen LogP contribution in [-0.2, 0) is 14.3 Å². The number of benzene rings is 2. The van der Waals surface area contributed by atoms with E-state index >= 15 is 0 Å². The topological polar surface area (TPSA) is 136 Å². The largest absolute Gasteiger partial charge is 0.452 e. The average molecular weight is 411 g/mol. The lowest BCUT2D eigenvalue weighted by molar-refractivity contribution is -0.385. The highest BCUT2D eigenvalue weighted by molar-refractivity contribution is 6.23. The second kappa shape index (κ2) is 8.52. The summed E-state index contributed by atoms with van der Waals surface area (Å²) in [4.78, 5) is 60.1. The van der Waals surface area contributed by atoms with Crippen molar-refractivity contribution in [1.29, 1.82) is 0 Å². The fourth-order valence-corrected chi connectivity index (χ4v) is 2.95. The first kappa shape index (κ1) is 20.6. The number of nitro benzene ring substituents is 1. The van der Waals surface area contributed by atoms with E-state index in [9.17, 15) is 29.3 Å². The number of imide groups is 1. The van der Waals surface area contributed by atoms with Gasteiger partial charge < -0.3 is 10.1 Å². The highest BCUT2D eigenvalue weighted by atomic mass is 16.6. The van der Waals surface area contributed by atoms with E-state index in [1.165, 1.54) is 19.1 Å². The summed E-state index contributed by atoms with van der Waals surface area (Å²) in [6.45, 7) is 1.07. The van der Waals surface area contributed by atoms with Gasteiger partial charge in [-0.1, -0.05) is 24.3 Å². The maximum Gasteiger partial charge on any atom is 0.308 e. The van der Waals surface area contributed by atoms with Crippen LogP contribution in [0.25, 0.3) is 0 Å². The van der Waals surface area contributed by atoms with Crippen molar-refractivity contribution in [1.82, 2.24) is 4.90 Å². The Labute approximate surface area is 170 Å². The van der Waals surface area contributed by atoms with Gasteiger partial charge in [0.2, 0.25) is 0 Å². The molecule has 0 spiro atoms. The smallest absolute Gasteiger partial charge is 0.308 e. The predicted molar refractivity (Wildman–Crippen MR) is 104 cm³/mol. The van der Waals surface area contributed by atoms with Crippen LogP contribution < -0.4 is 5.32 Å². The molecule has 1 aliphatic heterocycles. The van der Waals surface area contributed by atoms with E-state index in [4.69, 9.17) is 4.74 Å². The lowest BCUT2D eigenvalue weighted by Gasteiger charge is -2.16. The summed E-state index contributed by atoms with van der Waals surface area (Å²) in [5.41, 5.74) is -0.310. The van der Waals surface area contributed by atoms with Crippen LogP contribution in [0.15, 0.2) is 48.5 Å². The molecule has 1 N–H and O–H groups in total. The number of hydrogen-bond acceptors (Lipinski definition) is 7. The molecule has 0 unspecified atom stereocenters. The number of carbonyl (C=O) groups excluding carboxylic acids is 4. The van der Waals surface area contributed by atoms with Gasteiger partial charge in [-0.15, -0.1) is 0 Å². The molecule has 154 valence electrons. The summed E-state index contributed by atoms with van der Waals surface area (Å²) in [6.07, 6.45) is -1.46. The molecule has 0 aromatic heterocycles. The number of esters is 1. The van der Waals surface area contributed by atoms with Crippen molar-refractivity contribution in [2.75, 3.05) is 11.9 Å². The third-order valence-corrected chi connectivity index (χ3v) is 4.43. The number of para-hydroxylation sites is 1. The van der Waals surface area contributed by atoms with Gasteiger partial charge in [0, 0.05) is 18.3 Å². The maximum atomic E-state index is 12.5. The molecular weight excluding hydrogens is 394 g/mol. The Morgan fingerprint density at radius 1 is 1.10 bits per heavy atom. The molecule has 1 atom stereocenters. The maximum absolute atomic E-state index is 12.5. The first-order valence-corrected chi connectivity index (χ1v) is 8.98. The minimum absolute atomic E-state index is 0.0850. The fraction of sp³-hybridized carbons (Fsp3) is 0.200. The van der Waals surface area contributed by atoms with Crippen LogP contribution in [0, 0.1) is 10.1 Å². The predicted octanol–water partition coefficient (Wildman–Crippen LogP) is 2.15. The van der Waals surface area contributed by atoms with Gasteiger partial charge in [0.25, 0.3) is 23.4 Å². The highest BCUT2D eigenvalue weighted by Crippen LogP contribution is 2.30. The number of hydrogen-bond donors (Lipinski definition) is 1. The minimum Gasteiger partial charge on any atom is -0.452 e. The Morgan fingerprint density at radius 3 is 2.47 bits per heavy atom. The molecule has 2 aromatic carbocycles. The van der Waals surface area contributed by atoms with Crippen molar-refractivity contribution in [2.45, 2.75) is 19.4 Å². The zero-order valence-corrected chi connectivity index (χ0v) is 15.9. The van der Waals surface area contributed by atoms with Gasteiger partial charge >= 0.3 is 5.97 Å². The number of ether oxygens (including phenoxy) is 1. The van der Waals surface area contributed by atoms with Gasteiger partial charge in [0.05, 0.1) is 16.9 Å². The van der Waals surface area contributed by atoms with E-state index < -0.39 is 40.4 Å². The Morgan fingerprint density at radius 2 is 1.80 bits per heavy atom. The van der Waals surface area contributed by atoms with Crippen molar-refractivity contribution in [3.63, 3.8) is 0 Å². The lowest BCUT2D eigenvalue weighted by Crippen LogP contribution is -2.34. The summed E-state index contributed by atoms with van der Waals surface area (Å²) >= 11 is 0. The van der Waals surface area contributed by atoms with Gasteiger partial charge in [-0.2, -0.15) is 0 Å². The molecule has 2 aromatic rings. The molecule has 0 aliphatic carbocycles. The fourth-order valence-electron chi connectivity index (χ4n) is 2.95. The van der Waals surface area contributed by atoms with Crippen LogP contribution >= 0.6 is 0 Å². The molecule has 3 amide bonds. The molecule has 0 fully saturated rings. The van der Waals surface area contributed by atoms with Crippen LogP contribution in [0.1, 0.15) is 34.1 Å². The van der Waals surface area contributed by atoms with Crippen LogP contribution in [0.2, 0.25) is 0 Å². The molecule has 0 bridgehead atoms. The number of carbonyl (C=O) groups is 4. The van der Waals surface area contributed by atoms with E-state index in [0.717, 1.165) is 11.0 Å². The summed E-state index contributed by atoms with van der Waals surface area (Å²) < 4.78 is 5.05. The normalized spacial score (nSPS) is 13.6. The zero-order chi connectivity index (χ0) is 21.8. The van der Waals surface area contributed by atoms with Crippen molar-refractivity contribution < 1.29 is 28.8 Å². The Hall–Kier alpha value is -4.08. The van der Waals surface area contributed by atoms with E-state index in [1.807, 2.05) is 0 Å². The molecule has 0 saturated carbocycles. The van der Waals surface area contributed by atoms with Crippen molar-refractivity contribution in [2.24, 2.45) is 0 Å². The van der Waals surface area contributed by atoms with Crippen LogP contribution in [0.4, 0.5) is 11.4 Å². The summed E-state index contributed by atoms with van der Waals surface area (Å²) in [5, 5.41) is 13.7. The number of anilines is 1. The highest BCUT2D eigenvalue weighted by Gasteiger charge is 2.40. The van der Waals surface area contributed by atoms with Crippen molar-refractivity contribution in [3.05, 3.63) is 69.8 Å². The van der Waals surface area contributed by atoms with Gasteiger partial charge in [-0.25, -0.2) is 0 Å². The monoisotopic (exact) mass is 411 g/mol. The van der Waals surface area contributed by atoms with E-state index in [2.05, 4.69) is 5.32 Å². The van der Waals surface area contributed by atoms with Crippen LogP contribution in [0.3, 0.4) is 0 Å². The number of nitro groups is 1. The number of nitrogens with one attached hydrogen (secondary N) is 1. The summed E-state index contributed by atoms with van der Waals surface area (Å²) in [6, 6.07) is 12.4. The standard InChI is InChI=1S/C20H17N3O7/c1-12(18(25)21-13-6-3-2-4-7-13)30-16(24)10-11-22-19(26)14-8-5-9-15(23(28)29)17(14)20(22)27/h2-9,12H,10-11H2,1H3,(H,21,25)/t12-/m0/s1. The molecule has 0 radical (unpaired) electrons. The third-order valence-electron chi connectivity index (χ3n) is 4.43. The second-order valence-corrected chi connectivity index (χ2v) is 6.46. The first-order chi connectivity index (χ1) is 14.3. The average Bonchev–Trinajstić information content (AvgIpc) is 2.97. The summed E-state index contributed by atoms with van der Waals surface area (Å²) in [7, 11) is 0. The number of nitrogens with zero attached hydrogens (tertiary/aromatic N) is 2. The zero-order valence-electron chi connectivity index (χ0n) is 15.9. The molecule has 3 rings (SSSR count). The molecule has 10 heteroatoms. The Kier molecular flexibility index (Phi) is 5.86. The lowest BCUT2D eigenvalue weighted by atomic mass is 10.1. The van der Waals surface area contributed by atoms with E-state index in [1.54, 1.807) is 30.3 Å². The van der Waals surface area contributed by atoms with Crippen LogP contribution in [-0.4, -0.2) is 46.2 Å². The van der Waals surface area contributed by atoms with Gasteiger partial charge in [-0.3, -0.25) is 34.2 Å². The van der Waals surface area contributed by atoms with E-state index in [-0.39, 0.29) is 24.1 Å². The number of rotatable bonds is 7. The molecule has 1 heterocycles. The van der Waals surface area contributed by atoms with Crippen LogP contribution in [0.5, 0.6) is 0 Å². The van der Waals surface area contributed by atoms with Gasteiger partial charge in [0.15, 0.2) is 6.10 Å². The third kappa shape index (κ3) is 4.17. The number of amides is 3. The van der Waals surface area contributed by atoms with Gasteiger partial charge in [0.1, 0.15) is 5.56 Å². The molecule has 0 saturated heterocycles. The second-order valence-electron chi connectivity index (χ2n) is 6.46. The molecule has 1 aliphatic rings. The summed E-state index contributed by atoms with van der Waals surface area (Å²) in [5.74, 6) is -2.89. The Balaban J connectivity index is 1.58. The van der Waals surface area contributed by atoms with Crippen molar-refractivity contribution in [3.8, 4) is 0 Å². The van der Waals surface area contributed by atoms with Crippen molar-refractivity contribution >= 4 is 35.1 Å². The first-order valence-electron chi connectivity index (χ1n) is 8.98. The number of fused-ring (bicyclic) bond motifs is 1. The van der Waals surface area contributed by atoms with Gasteiger partial charge in [-0.05, 0) is 25.1 Å². The molecular formula is C20H17N3O7. The Bertz CT molecular complexity index is 1040. The minimum atomic E-state index is -1.10. The molecule has 30 heavy (non-hydrogen) atoms. The quantitative estimate of drug-likeness (QED) is 0.319. The molecule has 10 nitrogen and oxygen atoms in total. The van der Waals surface area contributed by atoms with E-state index in [0.29, 0.717) is 5.69 Å². The SMILES string of the molecule is C[C@H](OC(=O)CCN1C(=O)c2cccc([N+](=O)[O-])c2C1=O)C(=O)Nc1ccccc1.